The summed E-state index contributed by atoms with van der Waals surface area (Å²) in [7, 11) is 0. The van der Waals surface area contributed by atoms with Crippen LogP contribution in [0.4, 0.5) is 0 Å². The van der Waals surface area contributed by atoms with E-state index >= 15 is 0 Å². The summed E-state index contributed by atoms with van der Waals surface area (Å²) in [4.78, 5) is 10.7. The number of carbonyl (C=O) groups excluding carboxylic acids is 1. The number of aliphatic hydroxyl groups is 1. The number of esters is 1. The van der Waals surface area contributed by atoms with Gasteiger partial charge in [-0.2, -0.15) is 0 Å². The number of aliphatic hydroxyl groups excluding tert-OH is 1. The molecule has 0 bridgehead atoms. The van der Waals surface area contributed by atoms with E-state index < -0.39 is 18.0 Å². The highest BCUT2D eigenvalue weighted by molar-refractivity contribution is 5.73. The van der Waals surface area contributed by atoms with E-state index in [2.05, 4.69) is 11.3 Å². The van der Waals surface area contributed by atoms with Crippen molar-refractivity contribution in [2.24, 2.45) is 5.92 Å². The van der Waals surface area contributed by atoms with Crippen molar-refractivity contribution in [3.63, 3.8) is 0 Å². The van der Waals surface area contributed by atoms with Crippen LogP contribution < -0.4 is 0 Å². The summed E-state index contributed by atoms with van der Waals surface area (Å²) in [6.45, 7) is 6.35. The van der Waals surface area contributed by atoms with Crippen LogP contribution in [0.2, 0.25) is 0 Å². The molecule has 0 unspecified atom stereocenters. The minimum Gasteiger partial charge on any atom is -0.435 e. The molecule has 0 aromatic heterocycles. The molecular weight excluding hydrogens is 132 g/mol. The topological polar surface area (TPSA) is 46.5 Å². The molecule has 0 heterocycles. The lowest BCUT2D eigenvalue weighted by Crippen LogP contribution is -2.23. The van der Waals surface area contributed by atoms with Crippen molar-refractivity contribution in [2.75, 3.05) is 0 Å². The Bertz CT molecular complexity index is 129. The van der Waals surface area contributed by atoms with Gasteiger partial charge in [-0.15, -0.1) is 0 Å². The number of hydrogen-bond acceptors (Lipinski definition) is 3. The molecule has 0 aliphatic heterocycles. The van der Waals surface area contributed by atoms with Gasteiger partial charge in [-0.3, -0.25) is 4.79 Å². The Kier molecular flexibility index (Phi) is 3.72. The molecule has 3 nitrogen and oxygen atoms in total. The summed E-state index contributed by atoms with van der Waals surface area (Å²) in [6.07, 6.45) is 0.383. The van der Waals surface area contributed by atoms with Crippen molar-refractivity contribution >= 4 is 5.97 Å². The smallest absolute Gasteiger partial charge is 0.316 e. The van der Waals surface area contributed by atoms with E-state index in [1.165, 1.54) is 6.92 Å². The summed E-state index contributed by atoms with van der Waals surface area (Å²) in [5.74, 6) is -0.942. The van der Waals surface area contributed by atoms with Crippen LogP contribution in [-0.2, 0) is 9.53 Å². The first-order valence-electron chi connectivity index (χ1n) is 3.09. The molecular formula is C7H12O3. The largest absolute Gasteiger partial charge is 0.435 e. The standard InChI is InChI=1S/C7H12O3/c1-4-10-7(9)5(2)6(3)8/h4-6,8H,1H2,2-3H3/t5-,6+/m0/s1. The molecule has 0 spiro atoms. The normalized spacial score (nSPS) is 15.5. The minimum absolute atomic E-state index is 0.454. The first-order chi connectivity index (χ1) is 4.59. The molecule has 58 valence electrons. The zero-order valence-corrected chi connectivity index (χ0v) is 6.20. The van der Waals surface area contributed by atoms with Crippen LogP contribution in [0.3, 0.4) is 0 Å². The highest BCUT2D eigenvalue weighted by Crippen LogP contribution is 2.03. The lowest BCUT2D eigenvalue weighted by atomic mass is 10.1. The maximum Gasteiger partial charge on any atom is 0.316 e. The van der Waals surface area contributed by atoms with Gasteiger partial charge in [0.15, 0.2) is 0 Å². The molecule has 0 amide bonds. The third-order valence-electron chi connectivity index (χ3n) is 1.29. The molecule has 0 saturated carbocycles. The molecule has 0 aromatic carbocycles. The maximum atomic E-state index is 10.7. The van der Waals surface area contributed by atoms with Crippen LogP contribution in [0.15, 0.2) is 12.8 Å². The molecule has 10 heavy (non-hydrogen) atoms. The predicted octanol–water partition coefficient (Wildman–Crippen LogP) is 0.690. The van der Waals surface area contributed by atoms with Gasteiger partial charge in [-0.25, -0.2) is 0 Å². The minimum atomic E-state index is -0.674. The fourth-order valence-electron chi connectivity index (χ4n) is 0.386. The third-order valence-corrected chi connectivity index (χ3v) is 1.29. The molecule has 0 saturated heterocycles. The molecule has 0 rings (SSSR count). The molecule has 0 aromatic rings. The summed E-state index contributed by atoms with van der Waals surface area (Å²) in [5, 5.41) is 8.88. The Balaban J connectivity index is 3.81. The van der Waals surface area contributed by atoms with E-state index in [0.717, 1.165) is 6.26 Å². The van der Waals surface area contributed by atoms with Crippen LogP contribution in [-0.4, -0.2) is 17.2 Å². The van der Waals surface area contributed by atoms with Gasteiger partial charge in [0.05, 0.1) is 18.3 Å². The highest BCUT2D eigenvalue weighted by atomic mass is 16.5. The van der Waals surface area contributed by atoms with Crippen LogP contribution in [0, 0.1) is 5.92 Å². The SMILES string of the molecule is C=COC(=O)[C@@H](C)[C@@H](C)O. The van der Waals surface area contributed by atoms with Crippen LogP contribution in [0.25, 0.3) is 0 Å². The van der Waals surface area contributed by atoms with Crippen LogP contribution >= 0.6 is 0 Å². The molecule has 3 heteroatoms. The molecule has 2 atom stereocenters. The number of carbonyl (C=O) groups is 1. The van der Waals surface area contributed by atoms with E-state index in [9.17, 15) is 4.79 Å². The zero-order chi connectivity index (χ0) is 8.15. The fourth-order valence-corrected chi connectivity index (χ4v) is 0.386. The average Bonchev–Trinajstić information content (AvgIpc) is 1.87. The molecule has 0 radical (unpaired) electrons. The first-order valence-corrected chi connectivity index (χ1v) is 3.09. The Hall–Kier alpha value is -0.830. The second kappa shape index (κ2) is 4.06. The number of ether oxygens (including phenoxy) is 1. The maximum absolute atomic E-state index is 10.7. The van der Waals surface area contributed by atoms with Crippen molar-refractivity contribution in [2.45, 2.75) is 20.0 Å². The van der Waals surface area contributed by atoms with Gasteiger partial charge in [-0.05, 0) is 13.8 Å². The van der Waals surface area contributed by atoms with Crippen molar-refractivity contribution in [3.05, 3.63) is 12.8 Å². The van der Waals surface area contributed by atoms with Gasteiger partial charge in [-0.1, -0.05) is 6.58 Å². The van der Waals surface area contributed by atoms with Crippen molar-refractivity contribution in [3.8, 4) is 0 Å². The van der Waals surface area contributed by atoms with E-state index in [1.807, 2.05) is 0 Å². The second-order valence-corrected chi connectivity index (χ2v) is 2.13. The van der Waals surface area contributed by atoms with Gasteiger partial charge < -0.3 is 9.84 Å². The van der Waals surface area contributed by atoms with Gasteiger partial charge in [0.1, 0.15) is 0 Å². The first kappa shape index (κ1) is 9.17. The van der Waals surface area contributed by atoms with Crippen molar-refractivity contribution in [1.29, 1.82) is 0 Å². The quantitative estimate of drug-likeness (QED) is 0.468. The monoisotopic (exact) mass is 144 g/mol. The fraction of sp³-hybridized carbons (Fsp3) is 0.571. The van der Waals surface area contributed by atoms with E-state index in [1.54, 1.807) is 6.92 Å². The number of hydrogen-bond donors (Lipinski definition) is 1. The van der Waals surface area contributed by atoms with Crippen LogP contribution in [0.5, 0.6) is 0 Å². The van der Waals surface area contributed by atoms with E-state index in [4.69, 9.17) is 5.11 Å². The van der Waals surface area contributed by atoms with Crippen molar-refractivity contribution in [1.82, 2.24) is 0 Å². The number of rotatable bonds is 3. The Morgan fingerprint density at radius 3 is 2.50 bits per heavy atom. The van der Waals surface area contributed by atoms with Gasteiger partial charge in [0.2, 0.25) is 0 Å². The molecule has 0 aliphatic carbocycles. The highest BCUT2D eigenvalue weighted by Gasteiger charge is 2.18. The Labute approximate surface area is 60.3 Å². The summed E-state index contributed by atoms with van der Waals surface area (Å²) < 4.78 is 4.43. The van der Waals surface area contributed by atoms with Crippen LogP contribution in [0.1, 0.15) is 13.8 Å². The van der Waals surface area contributed by atoms with E-state index in [0.29, 0.717) is 0 Å². The van der Waals surface area contributed by atoms with Gasteiger partial charge >= 0.3 is 5.97 Å². The van der Waals surface area contributed by atoms with Gasteiger partial charge in [0.25, 0.3) is 0 Å². The van der Waals surface area contributed by atoms with Gasteiger partial charge in [0, 0.05) is 0 Å². The lowest BCUT2D eigenvalue weighted by Gasteiger charge is -2.10. The molecule has 0 aliphatic rings. The molecule has 1 N–H and O–H groups in total. The summed E-state index contributed by atoms with van der Waals surface area (Å²) in [5.41, 5.74) is 0. The predicted molar refractivity (Wildman–Crippen MR) is 37.1 cm³/mol. The summed E-state index contributed by atoms with van der Waals surface area (Å²) in [6, 6.07) is 0. The lowest BCUT2D eigenvalue weighted by molar-refractivity contribution is -0.145. The zero-order valence-electron chi connectivity index (χ0n) is 6.20. The second-order valence-electron chi connectivity index (χ2n) is 2.13. The molecule has 0 fully saturated rings. The summed E-state index contributed by atoms with van der Waals surface area (Å²) >= 11 is 0. The third kappa shape index (κ3) is 2.64. The average molecular weight is 144 g/mol. The van der Waals surface area contributed by atoms with Crippen molar-refractivity contribution < 1.29 is 14.6 Å². The Morgan fingerprint density at radius 1 is 1.70 bits per heavy atom. The Morgan fingerprint density at radius 2 is 2.20 bits per heavy atom. The van der Waals surface area contributed by atoms with E-state index in [-0.39, 0.29) is 0 Å².